The fourth-order valence-corrected chi connectivity index (χ4v) is 3.68. The smallest absolute Gasteiger partial charge is 0.227 e. The zero-order valence-electron chi connectivity index (χ0n) is 9.47. The van der Waals surface area contributed by atoms with Crippen molar-refractivity contribution in [1.82, 2.24) is 4.98 Å². The van der Waals surface area contributed by atoms with Crippen LogP contribution in [0.1, 0.15) is 17.7 Å². The van der Waals surface area contributed by atoms with Crippen LogP contribution in [-0.2, 0) is 6.42 Å². The van der Waals surface area contributed by atoms with E-state index in [0.29, 0.717) is 18.4 Å². The van der Waals surface area contributed by atoms with Gasteiger partial charge in [0.1, 0.15) is 0 Å². The standard InChI is InChI=1S/C12H16N2O2S/c15-4-3-10-11(16)14-12(17-10)13-9-6-7-1-2-8(9)5-7/h1-2,7-9,15-16H,3-6H2,(H,13,14). The number of allylic oxidation sites excluding steroid dienone is 1. The molecule has 3 unspecified atom stereocenters. The maximum Gasteiger partial charge on any atom is 0.227 e. The first-order chi connectivity index (χ1) is 8.26. The molecule has 0 spiro atoms. The molecule has 3 rings (SSSR count). The Morgan fingerprint density at radius 3 is 2.94 bits per heavy atom. The van der Waals surface area contributed by atoms with E-state index in [1.54, 1.807) is 0 Å². The van der Waals surface area contributed by atoms with E-state index in [1.807, 2.05) is 0 Å². The Labute approximate surface area is 104 Å². The van der Waals surface area contributed by atoms with Gasteiger partial charge in [-0.15, -0.1) is 0 Å². The van der Waals surface area contributed by atoms with Gasteiger partial charge in [-0.1, -0.05) is 23.5 Å². The van der Waals surface area contributed by atoms with Crippen molar-refractivity contribution in [2.45, 2.75) is 25.3 Å². The number of aliphatic hydroxyl groups excluding tert-OH is 1. The highest BCUT2D eigenvalue weighted by atomic mass is 32.1. The Bertz CT molecular complexity index is 444. The van der Waals surface area contributed by atoms with Gasteiger partial charge in [0.05, 0.1) is 4.88 Å². The number of aliphatic hydroxyl groups is 1. The van der Waals surface area contributed by atoms with Gasteiger partial charge in [0.25, 0.3) is 0 Å². The van der Waals surface area contributed by atoms with E-state index in [4.69, 9.17) is 5.11 Å². The topological polar surface area (TPSA) is 65.4 Å². The van der Waals surface area contributed by atoms with Gasteiger partial charge in [-0.05, 0) is 24.7 Å². The third-order valence-electron chi connectivity index (χ3n) is 3.60. The van der Waals surface area contributed by atoms with Crippen LogP contribution in [0.3, 0.4) is 0 Å². The summed E-state index contributed by atoms with van der Waals surface area (Å²) in [5.41, 5.74) is 0. The van der Waals surface area contributed by atoms with Crippen LogP contribution in [-0.4, -0.2) is 27.8 Å². The number of aromatic hydroxyl groups is 1. The maximum absolute atomic E-state index is 9.60. The second-order valence-electron chi connectivity index (χ2n) is 4.77. The molecule has 4 nitrogen and oxygen atoms in total. The second-order valence-corrected chi connectivity index (χ2v) is 5.85. The number of hydrogen-bond donors (Lipinski definition) is 3. The minimum atomic E-state index is 0.0477. The third-order valence-corrected chi connectivity index (χ3v) is 4.64. The van der Waals surface area contributed by atoms with Gasteiger partial charge in [0, 0.05) is 19.1 Å². The molecule has 2 aliphatic rings. The molecule has 0 radical (unpaired) electrons. The van der Waals surface area contributed by atoms with Crippen molar-refractivity contribution >= 4 is 16.5 Å². The number of anilines is 1. The quantitative estimate of drug-likeness (QED) is 0.714. The number of nitrogens with one attached hydrogen (secondary N) is 1. The summed E-state index contributed by atoms with van der Waals surface area (Å²) < 4.78 is 0. The van der Waals surface area contributed by atoms with E-state index in [0.717, 1.165) is 22.3 Å². The Kier molecular flexibility index (Phi) is 2.80. The monoisotopic (exact) mass is 252 g/mol. The summed E-state index contributed by atoms with van der Waals surface area (Å²) in [6.07, 6.45) is 7.48. The Morgan fingerprint density at radius 2 is 2.29 bits per heavy atom. The number of hydrogen-bond acceptors (Lipinski definition) is 5. The first-order valence-corrected chi connectivity index (χ1v) is 6.82. The number of rotatable bonds is 4. The van der Waals surface area contributed by atoms with Crippen LogP contribution in [0.5, 0.6) is 5.88 Å². The zero-order valence-corrected chi connectivity index (χ0v) is 10.3. The summed E-state index contributed by atoms with van der Waals surface area (Å²) in [6, 6.07) is 0.456. The van der Waals surface area contributed by atoms with Crippen LogP contribution in [0.2, 0.25) is 0 Å². The first kappa shape index (κ1) is 11.0. The molecule has 0 saturated heterocycles. The predicted octanol–water partition coefficient (Wildman–Crippen LogP) is 1.76. The van der Waals surface area contributed by atoms with Crippen LogP contribution in [0.4, 0.5) is 5.13 Å². The minimum Gasteiger partial charge on any atom is -0.492 e. The highest BCUT2D eigenvalue weighted by Crippen LogP contribution is 2.41. The molecule has 1 heterocycles. The van der Waals surface area contributed by atoms with E-state index in [9.17, 15) is 5.11 Å². The molecule has 1 aromatic heterocycles. The molecule has 17 heavy (non-hydrogen) atoms. The molecule has 2 aliphatic carbocycles. The van der Waals surface area contributed by atoms with Crippen molar-refractivity contribution in [3.05, 3.63) is 17.0 Å². The average Bonchev–Trinajstić information content (AvgIpc) is 2.96. The molecule has 0 amide bonds. The van der Waals surface area contributed by atoms with Crippen LogP contribution >= 0.6 is 11.3 Å². The maximum atomic E-state index is 9.60. The second kappa shape index (κ2) is 4.31. The lowest BCUT2D eigenvalue weighted by molar-refractivity contribution is 0.298. The lowest BCUT2D eigenvalue weighted by Crippen LogP contribution is -2.23. The van der Waals surface area contributed by atoms with Gasteiger partial charge in [-0.3, -0.25) is 0 Å². The molecule has 1 saturated carbocycles. The molecule has 3 atom stereocenters. The summed E-state index contributed by atoms with van der Waals surface area (Å²) in [5.74, 6) is 1.40. The van der Waals surface area contributed by atoms with Crippen LogP contribution in [0.15, 0.2) is 12.2 Å². The van der Waals surface area contributed by atoms with Gasteiger partial charge in [0.2, 0.25) is 5.88 Å². The minimum absolute atomic E-state index is 0.0477. The highest BCUT2D eigenvalue weighted by molar-refractivity contribution is 7.15. The van der Waals surface area contributed by atoms with Gasteiger partial charge in [-0.2, -0.15) is 4.98 Å². The zero-order chi connectivity index (χ0) is 11.8. The number of nitrogens with zero attached hydrogens (tertiary/aromatic N) is 1. The van der Waals surface area contributed by atoms with Crippen molar-refractivity contribution in [3.8, 4) is 5.88 Å². The van der Waals surface area contributed by atoms with E-state index >= 15 is 0 Å². The number of fused-ring (bicyclic) bond motifs is 2. The van der Waals surface area contributed by atoms with Crippen molar-refractivity contribution in [2.75, 3.05) is 11.9 Å². The third kappa shape index (κ3) is 2.05. The van der Waals surface area contributed by atoms with E-state index < -0.39 is 0 Å². The van der Waals surface area contributed by atoms with Gasteiger partial charge >= 0.3 is 0 Å². The average molecular weight is 252 g/mol. The summed E-state index contributed by atoms with van der Waals surface area (Å²) in [7, 11) is 0. The molecule has 1 fully saturated rings. The SMILES string of the molecule is OCCc1sc(NC2CC3C=CC2C3)nc1O. The normalized spacial score (nSPS) is 30.1. The molecule has 1 aromatic rings. The molecule has 5 heteroatoms. The van der Waals surface area contributed by atoms with Gasteiger partial charge < -0.3 is 15.5 Å². The molecule has 0 aromatic carbocycles. The molecule has 92 valence electrons. The first-order valence-electron chi connectivity index (χ1n) is 6.00. The molecular weight excluding hydrogens is 236 g/mol. The fourth-order valence-electron chi connectivity index (χ4n) is 2.78. The van der Waals surface area contributed by atoms with Crippen LogP contribution in [0.25, 0.3) is 0 Å². The van der Waals surface area contributed by atoms with Crippen molar-refractivity contribution in [1.29, 1.82) is 0 Å². The summed E-state index contributed by atoms with van der Waals surface area (Å²) >= 11 is 1.44. The number of thiazole rings is 1. The molecule has 0 aliphatic heterocycles. The molecule has 2 bridgehead atoms. The molecular formula is C12H16N2O2S. The highest BCUT2D eigenvalue weighted by Gasteiger charge is 2.35. The van der Waals surface area contributed by atoms with Crippen molar-refractivity contribution in [3.63, 3.8) is 0 Å². The lowest BCUT2D eigenvalue weighted by atomic mass is 10.0. The summed E-state index contributed by atoms with van der Waals surface area (Å²) in [4.78, 5) is 4.86. The van der Waals surface area contributed by atoms with E-state index in [2.05, 4.69) is 22.5 Å². The van der Waals surface area contributed by atoms with Gasteiger partial charge in [-0.25, -0.2) is 0 Å². The van der Waals surface area contributed by atoms with E-state index in [-0.39, 0.29) is 12.5 Å². The Balaban J connectivity index is 1.69. The lowest BCUT2D eigenvalue weighted by Gasteiger charge is -2.18. The summed E-state index contributed by atoms with van der Waals surface area (Å²) in [5, 5.41) is 22.6. The van der Waals surface area contributed by atoms with Crippen LogP contribution in [0, 0.1) is 11.8 Å². The predicted molar refractivity (Wildman–Crippen MR) is 67.3 cm³/mol. The van der Waals surface area contributed by atoms with Gasteiger partial charge in [0.15, 0.2) is 5.13 Å². The Hall–Kier alpha value is -1.07. The van der Waals surface area contributed by atoms with Crippen molar-refractivity contribution in [2.24, 2.45) is 11.8 Å². The molecule has 3 N–H and O–H groups in total. The van der Waals surface area contributed by atoms with E-state index in [1.165, 1.54) is 17.8 Å². The summed E-state index contributed by atoms with van der Waals surface area (Å²) in [6.45, 7) is 0.0477. The van der Waals surface area contributed by atoms with Crippen LogP contribution < -0.4 is 5.32 Å². The fraction of sp³-hybridized carbons (Fsp3) is 0.583. The Morgan fingerprint density at radius 1 is 1.41 bits per heavy atom. The van der Waals surface area contributed by atoms with Crippen molar-refractivity contribution < 1.29 is 10.2 Å². The largest absolute Gasteiger partial charge is 0.492 e. The number of aromatic nitrogens is 1.